The number of nitrogens with two attached hydrogens (primary N) is 1. The van der Waals surface area contributed by atoms with Gasteiger partial charge in [0.25, 0.3) is 0 Å². The summed E-state index contributed by atoms with van der Waals surface area (Å²) in [6.07, 6.45) is 1.40. The Hall–Kier alpha value is -0.0800. The SMILES string of the molecule is NCC1CN2CCC1C2. The molecule has 2 heteroatoms. The van der Waals surface area contributed by atoms with Crippen molar-refractivity contribution in [1.82, 2.24) is 4.90 Å². The molecule has 0 amide bonds. The minimum atomic E-state index is 0.832. The van der Waals surface area contributed by atoms with Crippen LogP contribution < -0.4 is 5.73 Å². The Bertz CT molecular complexity index is 113. The smallest absolute Gasteiger partial charge is 0.00250 e. The maximum absolute atomic E-state index is 5.59. The van der Waals surface area contributed by atoms with Gasteiger partial charge >= 0.3 is 0 Å². The van der Waals surface area contributed by atoms with E-state index in [1.54, 1.807) is 0 Å². The zero-order valence-corrected chi connectivity index (χ0v) is 5.71. The van der Waals surface area contributed by atoms with Crippen molar-refractivity contribution in [2.24, 2.45) is 17.6 Å². The molecule has 2 heterocycles. The summed E-state index contributed by atoms with van der Waals surface area (Å²) in [7, 11) is 0. The molecule has 2 aliphatic heterocycles. The topological polar surface area (TPSA) is 29.3 Å². The number of nitrogens with zero attached hydrogens (tertiary/aromatic N) is 1. The molecule has 52 valence electrons. The fourth-order valence-corrected chi connectivity index (χ4v) is 2.16. The van der Waals surface area contributed by atoms with Crippen LogP contribution in [0, 0.1) is 11.8 Å². The highest BCUT2D eigenvalue weighted by atomic mass is 15.2. The summed E-state index contributed by atoms with van der Waals surface area (Å²) in [4.78, 5) is 2.53. The molecule has 0 spiro atoms. The van der Waals surface area contributed by atoms with Crippen molar-refractivity contribution in [1.29, 1.82) is 0 Å². The van der Waals surface area contributed by atoms with E-state index in [0.29, 0.717) is 0 Å². The molecule has 0 aromatic carbocycles. The molecule has 0 radical (unpaired) electrons. The van der Waals surface area contributed by atoms with Crippen LogP contribution in [-0.2, 0) is 0 Å². The van der Waals surface area contributed by atoms with Gasteiger partial charge in [0.1, 0.15) is 0 Å². The summed E-state index contributed by atoms with van der Waals surface area (Å²) >= 11 is 0. The van der Waals surface area contributed by atoms with Crippen LogP contribution in [0.5, 0.6) is 0 Å². The number of piperidine rings is 1. The quantitative estimate of drug-likeness (QED) is 0.531. The van der Waals surface area contributed by atoms with Gasteiger partial charge in [0, 0.05) is 13.1 Å². The van der Waals surface area contributed by atoms with Crippen LogP contribution in [0.2, 0.25) is 0 Å². The molecule has 2 fully saturated rings. The third kappa shape index (κ3) is 0.775. The Balaban J connectivity index is 2.01. The fourth-order valence-electron chi connectivity index (χ4n) is 2.16. The molecule has 2 saturated heterocycles. The maximum Gasteiger partial charge on any atom is 0.00250 e. The maximum atomic E-state index is 5.59. The van der Waals surface area contributed by atoms with Gasteiger partial charge in [0.15, 0.2) is 0 Å². The van der Waals surface area contributed by atoms with Gasteiger partial charge < -0.3 is 10.6 Å². The number of hydrogen-bond acceptors (Lipinski definition) is 2. The van der Waals surface area contributed by atoms with Gasteiger partial charge in [0.05, 0.1) is 0 Å². The average Bonchev–Trinajstić information content (AvgIpc) is 2.45. The summed E-state index contributed by atoms with van der Waals surface area (Å²) in [6.45, 7) is 4.85. The van der Waals surface area contributed by atoms with Gasteiger partial charge in [-0.15, -0.1) is 0 Å². The van der Waals surface area contributed by atoms with Crippen molar-refractivity contribution in [3.05, 3.63) is 0 Å². The lowest BCUT2D eigenvalue weighted by Crippen LogP contribution is -2.28. The van der Waals surface area contributed by atoms with Gasteiger partial charge in [-0.1, -0.05) is 0 Å². The molecular formula is C7H14N2. The van der Waals surface area contributed by atoms with E-state index in [4.69, 9.17) is 5.73 Å². The monoisotopic (exact) mass is 126 g/mol. The Morgan fingerprint density at radius 2 is 2.33 bits per heavy atom. The second-order valence-corrected chi connectivity index (χ2v) is 3.30. The van der Waals surface area contributed by atoms with E-state index in [9.17, 15) is 0 Å². The zero-order valence-electron chi connectivity index (χ0n) is 5.71. The van der Waals surface area contributed by atoms with Crippen LogP contribution in [-0.4, -0.2) is 31.1 Å². The van der Waals surface area contributed by atoms with Gasteiger partial charge in [-0.2, -0.15) is 0 Å². The van der Waals surface area contributed by atoms with Crippen molar-refractivity contribution >= 4 is 0 Å². The van der Waals surface area contributed by atoms with Gasteiger partial charge in [-0.25, -0.2) is 0 Å². The fraction of sp³-hybridized carbons (Fsp3) is 1.00. The molecule has 2 nitrogen and oxygen atoms in total. The third-order valence-corrected chi connectivity index (χ3v) is 2.77. The van der Waals surface area contributed by atoms with Gasteiger partial charge in [-0.05, 0) is 31.3 Å². The first-order chi connectivity index (χ1) is 4.40. The van der Waals surface area contributed by atoms with Crippen molar-refractivity contribution < 1.29 is 0 Å². The molecule has 0 aromatic rings. The zero-order chi connectivity index (χ0) is 6.27. The number of rotatable bonds is 1. The lowest BCUT2D eigenvalue weighted by Gasteiger charge is -2.19. The molecule has 0 saturated carbocycles. The first-order valence-corrected chi connectivity index (χ1v) is 3.82. The third-order valence-electron chi connectivity index (χ3n) is 2.77. The Morgan fingerprint density at radius 3 is 2.67 bits per heavy atom. The van der Waals surface area contributed by atoms with E-state index >= 15 is 0 Å². The predicted molar refractivity (Wildman–Crippen MR) is 37.1 cm³/mol. The van der Waals surface area contributed by atoms with Gasteiger partial charge in [-0.3, -0.25) is 0 Å². The standard InChI is InChI=1S/C7H14N2/c8-3-7-5-9-2-1-6(7)4-9/h6-7H,1-5,8H2. The Labute approximate surface area is 56.0 Å². The normalized spacial score (nSPS) is 48.3. The minimum absolute atomic E-state index is 0.832. The van der Waals surface area contributed by atoms with Crippen LogP contribution in [0.15, 0.2) is 0 Å². The summed E-state index contributed by atoms with van der Waals surface area (Å²) in [5.41, 5.74) is 5.59. The summed E-state index contributed by atoms with van der Waals surface area (Å²) in [6, 6.07) is 0. The van der Waals surface area contributed by atoms with Crippen LogP contribution in [0.1, 0.15) is 6.42 Å². The molecule has 0 aliphatic carbocycles. The largest absolute Gasteiger partial charge is 0.330 e. The second kappa shape index (κ2) is 1.96. The first-order valence-electron chi connectivity index (χ1n) is 3.82. The number of hydrogen-bond donors (Lipinski definition) is 1. The molecule has 2 bridgehead atoms. The van der Waals surface area contributed by atoms with E-state index in [2.05, 4.69) is 4.90 Å². The van der Waals surface area contributed by atoms with Crippen LogP contribution >= 0.6 is 0 Å². The summed E-state index contributed by atoms with van der Waals surface area (Å²) in [5, 5.41) is 0. The molecule has 9 heavy (non-hydrogen) atoms. The van der Waals surface area contributed by atoms with E-state index in [1.165, 1.54) is 26.1 Å². The molecule has 2 aliphatic rings. The highest BCUT2D eigenvalue weighted by Crippen LogP contribution is 2.31. The highest BCUT2D eigenvalue weighted by Gasteiger charge is 2.36. The van der Waals surface area contributed by atoms with Crippen molar-refractivity contribution in [2.45, 2.75) is 6.42 Å². The average molecular weight is 126 g/mol. The van der Waals surface area contributed by atoms with Crippen molar-refractivity contribution in [2.75, 3.05) is 26.2 Å². The first kappa shape index (κ1) is 5.69. The summed E-state index contributed by atoms with van der Waals surface area (Å²) < 4.78 is 0. The lowest BCUT2D eigenvalue weighted by atomic mass is 9.93. The van der Waals surface area contributed by atoms with E-state index < -0.39 is 0 Å². The van der Waals surface area contributed by atoms with Crippen molar-refractivity contribution in [3.8, 4) is 0 Å². The summed E-state index contributed by atoms with van der Waals surface area (Å²) in [5.74, 6) is 1.79. The minimum Gasteiger partial charge on any atom is -0.330 e. The molecule has 2 N–H and O–H groups in total. The van der Waals surface area contributed by atoms with Crippen LogP contribution in [0.25, 0.3) is 0 Å². The molecule has 3 unspecified atom stereocenters. The van der Waals surface area contributed by atoms with E-state index in [1.807, 2.05) is 0 Å². The predicted octanol–water partition coefficient (Wildman–Crippen LogP) is -0.103. The van der Waals surface area contributed by atoms with Crippen LogP contribution in [0.3, 0.4) is 0 Å². The second-order valence-electron chi connectivity index (χ2n) is 3.30. The van der Waals surface area contributed by atoms with E-state index in [-0.39, 0.29) is 0 Å². The Kier molecular flexibility index (Phi) is 1.24. The van der Waals surface area contributed by atoms with E-state index in [0.717, 1.165) is 18.4 Å². The van der Waals surface area contributed by atoms with Crippen LogP contribution in [0.4, 0.5) is 0 Å². The van der Waals surface area contributed by atoms with Crippen molar-refractivity contribution in [3.63, 3.8) is 0 Å². The molecule has 0 aromatic heterocycles. The Morgan fingerprint density at radius 1 is 1.44 bits per heavy atom. The highest BCUT2D eigenvalue weighted by molar-refractivity contribution is 4.90. The lowest BCUT2D eigenvalue weighted by molar-refractivity contribution is 0.306. The molecule has 3 atom stereocenters. The molecular weight excluding hydrogens is 112 g/mol. The molecule has 2 rings (SSSR count). The number of fused-ring (bicyclic) bond motifs is 2. The van der Waals surface area contributed by atoms with Gasteiger partial charge in [0.2, 0.25) is 0 Å².